The molecule has 0 atom stereocenters. The van der Waals surface area contributed by atoms with Crippen LogP contribution >= 0.6 is 0 Å². The van der Waals surface area contributed by atoms with E-state index in [4.69, 9.17) is 21.4 Å². The van der Waals surface area contributed by atoms with E-state index in [1.165, 1.54) is 0 Å². The average molecular weight is 449 g/mol. The lowest BCUT2D eigenvalue weighted by Gasteiger charge is -2.26. The minimum Gasteiger partial charge on any atom is -0.382 e. The fourth-order valence-electron chi connectivity index (χ4n) is 5.27. The van der Waals surface area contributed by atoms with Gasteiger partial charge in [-0.2, -0.15) is 0 Å². The molecule has 6 heteroatoms. The molecule has 170 valence electrons. The van der Waals surface area contributed by atoms with E-state index in [0.717, 1.165) is 77.0 Å². The molecule has 0 unspecified atom stereocenters. The minimum absolute atomic E-state index is 0.397. The Labute approximate surface area is 198 Å². The van der Waals surface area contributed by atoms with Crippen molar-refractivity contribution in [3.63, 3.8) is 0 Å². The molecule has 3 heterocycles. The number of aromatic nitrogens is 4. The van der Waals surface area contributed by atoms with E-state index in [0.29, 0.717) is 17.7 Å². The number of fused-ring (bicyclic) bond motifs is 2. The molecule has 1 saturated carbocycles. The lowest BCUT2D eigenvalue weighted by molar-refractivity contribution is 0.325. The van der Waals surface area contributed by atoms with Crippen LogP contribution in [0.1, 0.15) is 37.4 Å². The second-order valence-corrected chi connectivity index (χ2v) is 9.27. The number of nitrogens with zero attached hydrogens (tertiary/aromatic N) is 4. The number of hydrogen-bond acceptors (Lipinski definition) is 5. The molecule has 6 nitrogen and oxygen atoms in total. The molecule has 0 spiro atoms. The van der Waals surface area contributed by atoms with Crippen molar-refractivity contribution in [2.45, 2.75) is 31.6 Å². The lowest BCUT2D eigenvalue weighted by atomic mass is 9.81. The average Bonchev–Trinajstić information content (AvgIpc) is 3.30. The van der Waals surface area contributed by atoms with Crippen LogP contribution in [0.4, 0.5) is 5.82 Å². The van der Waals surface area contributed by atoms with Crippen LogP contribution in [0.5, 0.6) is 0 Å². The number of pyridine rings is 1. The predicted octanol–water partition coefficient (Wildman–Crippen LogP) is 5.43. The Morgan fingerprint density at radius 3 is 2.47 bits per heavy atom. The highest BCUT2D eigenvalue weighted by molar-refractivity contribution is 5.91. The number of benzene rings is 2. The first-order chi connectivity index (χ1) is 16.7. The van der Waals surface area contributed by atoms with Crippen LogP contribution in [0.3, 0.4) is 0 Å². The first-order valence-electron chi connectivity index (χ1n) is 12.0. The van der Waals surface area contributed by atoms with E-state index in [1.54, 1.807) is 6.20 Å². The first-order valence-corrected chi connectivity index (χ1v) is 12.0. The molecule has 1 aliphatic rings. The third kappa shape index (κ3) is 3.60. The van der Waals surface area contributed by atoms with Crippen LogP contribution in [0, 0.1) is 5.92 Å². The van der Waals surface area contributed by atoms with Crippen LogP contribution in [0.15, 0.2) is 73.1 Å². The number of hydrogen-bond donors (Lipinski definition) is 2. The van der Waals surface area contributed by atoms with Crippen molar-refractivity contribution >= 4 is 22.2 Å². The summed E-state index contributed by atoms with van der Waals surface area (Å²) in [5, 5.41) is 1.10. The number of nitrogen functional groups attached to an aromatic ring is 1. The van der Waals surface area contributed by atoms with Gasteiger partial charge in [0.25, 0.3) is 0 Å². The van der Waals surface area contributed by atoms with Gasteiger partial charge in [-0.1, -0.05) is 48.5 Å². The molecule has 0 bridgehead atoms. The maximum Gasteiger partial charge on any atom is 0.150 e. The Morgan fingerprint density at radius 2 is 1.68 bits per heavy atom. The summed E-state index contributed by atoms with van der Waals surface area (Å²) in [6.07, 6.45) is 8.24. The normalized spacial score (nSPS) is 18.5. The fourth-order valence-corrected chi connectivity index (χ4v) is 5.27. The van der Waals surface area contributed by atoms with E-state index < -0.39 is 0 Å². The van der Waals surface area contributed by atoms with Gasteiger partial charge >= 0.3 is 0 Å². The van der Waals surface area contributed by atoms with Gasteiger partial charge in [0, 0.05) is 34.8 Å². The standard InChI is InChI=1S/C28H28N6/c29-17-18-6-8-21(9-7-18)28-33-25(26-27(30)31-14-15-34(26)28)22-11-10-20-12-13-23(32-24(20)16-22)19-4-2-1-3-5-19/h1-5,10-16,18,21H,6-9,17,29H2,(H2,30,31). The van der Waals surface area contributed by atoms with E-state index in [-0.39, 0.29) is 0 Å². The number of nitrogens with two attached hydrogens (primary N) is 2. The molecule has 1 aliphatic carbocycles. The van der Waals surface area contributed by atoms with Crippen LogP contribution in [-0.2, 0) is 0 Å². The second kappa shape index (κ2) is 8.54. The maximum atomic E-state index is 6.39. The molecular weight excluding hydrogens is 420 g/mol. The Balaban J connectivity index is 1.46. The molecule has 0 aliphatic heterocycles. The van der Waals surface area contributed by atoms with Crippen molar-refractivity contribution in [2.24, 2.45) is 11.7 Å². The van der Waals surface area contributed by atoms with Gasteiger partial charge in [-0.3, -0.25) is 4.40 Å². The molecule has 34 heavy (non-hydrogen) atoms. The predicted molar refractivity (Wildman–Crippen MR) is 137 cm³/mol. The maximum absolute atomic E-state index is 6.39. The first kappa shape index (κ1) is 20.8. The topological polar surface area (TPSA) is 95.1 Å². The third-order valence-electron chi connectivity index (χ3n) is 7.19. The van der Waals surface area contributed by atoms with E-state index in [9.17, 15) is 0 Å². The number of imidazole rings is 1. The van der Waals surface area contributed by atoms with Crippen molar-refractivity contribution in [3.05, 3.63) is 78.9 Å². The zero-order chi connectivity index (χ0) is 23.1. The molecule has 6 rings (SSSR count). The summed E-state index contributed by atoms with van der Waals surface area (Å²) in [5.74, 6) is 2.59. The van der Waals surface area contributed by atoms with Crippen molar-refractivity contribution < 1.29 is 0 Å². The summed E-state index contributed by atoms with van der Waals surface area (Å²) in [4.78, 5) is 14.5. The fraction of sp³-hybridized carbons (Fsp3) is 0.250. The van der Waals surface area contributed by atoms with Gasteiger partial charge in [0.05, 0.1) is 11.2 Å². The Hall–Kier alpha value is -3.77. The third-order valence-corrected chi connectivity index (χ3v) is 7.19. The number of anilines is 1. The largest absolute Gasteiger partial charge is 0.382 e. The van der Waals surface area contributed by atoms with Gasteiger partial charge in [0.15, 0.2) is 0 Å². The minimum atomic E-state index is 0.397. The number of rotatable bonds is 4. The van der Waals surface area contributed by atoms with Gasteiger partial charge in [-0.15, -0.1) is 0 Å². The quantitative estimate of drug-likeness (QED) is 0.382. The van der Waals surface area contributed by atoms with Gasteiger partial charge in [0.2, 0.25) is 0 Å². The van der Waals surface area contributed by atoms with Crippen molar-refractivity contribution in [1.29, 1.82) is 0 Å². The molecule has 3 aromatic heterocycles. The van der Waals surface area contributed by atoms with Gasteiger partial charge in [-0.05, 0) is 50.3 Å². The van der Waals surface area contributed by atoms with Gasteiger partial charge in [-0.25, -0.2) is 15.0 Å². The summed E-state index contributed by atoms with van der Waals surface area (Å²) >= 11 is 0. The van der Waals surface area contributed by atoms with Crippen molar-refractivity contribution in [3.8, 4) is 22.5 Å². The molecule has 1 fully saturated rings. The molecule has 4 N–H and O–H groups in total. The van der Waals surface area contributed by atoms with Gasteiger partial charge in [0.1, 0.15) is 22.9 Å². The molecule has 2 aromatic carbocycles. The van der Waals surface area contributed by atoms with Crippen LogP contribution in [0.25, 0.3) is 38.9 Å². The molecule has 0 amide bonds. The smallest absolute Gasteiger partial charge is 0.150 e. The molecule has 5 aromatic rings. The molecular formula is C28H28N6. The summed E-state index contributed by atoms with van der Waals surface area (Å²) in [5.41, 5.74) is 18.1. The summed E-state index contributed by atoms with van der Waals surface area (Å²) in [6, 6.07) is 20.8. The van der Waals surface area contributed by atoms with Crippen LogP contribution in [0.2, 0.25) is 0 Å². The lowest BCUT2D eigenvalue weighted by Crippen LogP contribution is -2.21. The van der Waals surface area contributed by atoms with Crippen LogP contribution in [-0.4, -0.2) is 25.9 Å². The highest BCUT2D eigenvalue weighted by atomic mass is 15.1. The summed E-state index contributed by atoms with van der Waals surface area (Å²) < 4.78 is 2.14. The Kier molecular flexibility index (Phi) is 5.23. The van der Waals surface area contributed by atoms with Gasteiger partial charge < -0.3 is 11.5 Å². The van der Waals surface area contributed by atoms with E-state index in [1.807, 2.05) is 24.4 Å². The summed E-state index contributed by atoms with van der Waals surface area (Å²) in [6.45, 7) is 0.770. The zero-order valence-corrected chi connectivity index (χ0v) is 19.1. The van der Waals surface area contributed by atoms with Crippen LogP contribution < -0.4 is 11.5 Å². The van der Waals surface area contributed by atoms with Crippen molar-refractivity contribution in [1.82, 2.24) is 19.4 Å². The monoisotopic (exact) mass is 448 g/mol. The highest BCUT2D eigenvalue weighted by Crippen LogP contribution is 2.38. The van der Waals surface area contributed by atoms with E-state index >= 15 is 0 Å². The summed E-state index contributed by atoms with van der Waals surface area (Å²) in [7, 11) is 0. The highest BCUT2D eigenvalue weighted by Gasteiger charge is 2.27. The molecule has 0 radical (unpaired) electrons. The SMILES string of the molecule is NCC1CCC(c2nc(-c3ccc4ccc(-c5ccccc5)nc4c3)c3c(N)nccn23)CC1. The van der Waals surface area contributed by atoms with E-state index in [2.05, 4.69) is 51.8 Å². The molecule has 0 saturated heterocycles. The Morgan fingerprint density at radius 1 is 0.882 bits per heavy atom. The Bertz CT molecular complexity index is 1470. The van der Waals surface area contributed by atoms with Crippen molar-refractivity contribution in [2.75, 3.05) is 12.3 Å². The second-order valence-electron chi connectivity index (χ2n) is 9.27. The zero-order valence-electron chi connectivity index (χ0n) is 19.1.